The Kier molecular flexibility index (Phi) is 62.3. The van der Waals surface area contributed by atoms with Gasteiger partial charge in [-0.3, -0.25) is 4.98 Å². The topological polar surface area (TPSA) is 78.4 Å². The van der Waals surface area contributed by atoms with Gasteiger partial charge in [0.25, 0.3) is 0 Å². The predicted octanol–water partition coefficient (Wildman–Crippen LogP) is 28.1. The fraction of sp³-hybridized carbons (Fsp3) is 0.481. The SMILES string of the molecule is C.C.C.C.C.C.C.C.C.CC(C)c1ccc[nH]1.CC(C)c1cccc2c1OCO2.CC(C)c1ccccc1.CC(C)c1ccccn1.CC(C)c1cccn1C.CC(C)c1ccco1.CC(C)c1cccs1.CC(C)c1ccoc1.CC(C)c1ccsc1. The first-order valence-electron chi connectivity index (χ1n) is 28.3. The van der Waals surface area contributed by atoms with Crippen LogP contribution < -0.4 is 9.47 Å². The van der Waals surface area contributed by atoms with Gasteiger partial charge in [0.05, 0.1) is 18.8 Å². The van der Waals surface area contributed by atoms with Gasteiger partial charge >= 0.3 is 0 Å². The molecule has 8 heterocycles. The molecule has 10 rings (SSSR count). The number of nitrogens with one attached hydrogen (secondary N) is 1. The minimum absolute atomic E-state index is 0. The van der Waals surface area contributed by atoms with Crippen LogP contribution in [-0.4, -0.2) is 21.3 Å². The van der Waals surface area contributed by atoms with Gasteiger partial charge in [-0.15, -0.1) is 11.3 Å². The molecule has 2 aromatic carbocycles. The summed E-state index contributed by atoms with van der Waals surface area (Å²) in [5, 5.41) is 6.44. The molecule has 0 aliphatic carbocycles. The number of thiophene rings is 2. The number of fused-ring (bicyclic) bond motifs is 1. The van der Waals surface area contributed by atoms with Crippen LogP contribution in [0.1, 0.15) is 295 Å². The Morgan fingerprint density at radius 2 is 1.09 bits per heavy atom. The second kappa shape index (κ2) is 56.0. The summed E-state index contributed by atoms with van der Waals surface area (Å²) in [5.41, 5.74) is 9.24. The van der Waals surface area contributed by atoms with Crippen LogP contribution in [0.25, 0.3) is 0 Å². The fourth-order valence-electron chi connectivity index (χ4n) is 7.19. The molecule has 0 bridgehead atoms. The Balaban J connectivity index is -0.000000135. The van der Waals surface area contributed by atoms with Gasteiger partial charge in [-0.1, -0.05) is 246 Å². The number of benzene rings is 2. The lowest BCUT2D eigenvalue weighted by molar-refractivity contribution is 0.173. The predicted molar refractivity (Wildman–Crippen MR) is 403 cm³/mol. The molecular weight excluding hydrogens is 1120 g/mol. The number of aromatic nitrogens is 3. The standard InChI is InChI=1S/C10H12O2.C9H12.C8H13N.C8H11N.C7H11N.2C7H10O.2C7H10S.9CH4/c1-7(2)8-4-3-5-9-10(8)12-6-11-9;1-8(2)9-6-4-3-5-7-9;1-7(2)8-5-4-6-9(8)3;1-7(2)8-5-3-4-6-9-8;1-6(2)7-4-3-5-8-7;1-6(2)7-3-4-8-5-7;1-6(2)7-4-3-5-8-7;1-6(2)7-3-4-8-5-7;1-6(2)7-4-3-5-8-7;;;;;;;;;/h3-5,7H,6H2,1-2H3;3-8H,1-2H3;4-7H,1-3H3;3-7H,1-2H3;3-6,8H,1-2H3;4*3-6H,1-2H3;9*1H4. The highest BCUT2D eigenvalue weighted by Crippen LogP contribution is 2.38. The number of H-pyrrole nitrogens is 1. The Morgan fingerprint density at radius 3 is 1.40 bits per heavy atom. The highest BCUT2D eigenvalue weighted by atomic mass is 32.1. The Morgan fingerprint density at radius 1 is 0.466 bits per heavy atom. The van der Waals surface area contributed by atoms with Gasteiger partial charge < -0.3 is 27.9 Å². The van der Waals surface area contributed by atoms with Crippen LogP contribution >= 0.6 is 22.7 Å². The van der Waals surface area contributed by atoms with Crippen LogP contribution in [-0.2, 0) is 7.05 Å². The molecule has 1 aliphatic rings. The first-order valence-corrected chi connectivity index (χ1v) is 30.2. The van der Waals surface area contributed by atoms with Crippen molar-refractivity contribution < 1.29 is 18.3 Å². The lowest BCUT2D eigenvalue weighted by Crippen LogP contribution is -1.95. The summed E-state index contributed by atoms with van der Waals surface area (Å²) in [6.07, 6.45) is 11.1. The molecule has 0 unspecified atom stereocenters. The summed E-state index contributed by atoms with van der Waals surface area (Å²) in [6, 6.07) is 43.2. The minimum atomic E-state index is 0. The summed E-state index contributed by atoms with van der Waals surface area (Å²) in [7, 11) is 2.08. The van der Waals surface area contributed by atoms with Crippen molar-refractivity contribution >= 4 is 22.7 Å². The number of aryl methyl sites for hydroxylation is 1. The largest absolute Gasteiger partial charge is 0.472 e. The van der Waals surface area contributed by atoms with E-state index in [9.17, 15) is 0 Å². The third-order valence-corrected chi connectivity index (χ3v) is 14.1. The zero-order chi connectivity index (χ0) is 58.7. The maximum atomic E-state index is 5.37. The maximum absolute atomic E-state index is 5.37. The molecule has 0 saturated heterocycles. The first kappa shape index (κ1) is 98.0. The minimum Gasteiger partial charge on any atom is -0.472 e. The van der Waals surface area contributed by atoms with E-state index in [0.717, 1.165) is 23.0 Å². The summed E-state index contributed by atoms with van der Waals surface area (Å²) < 4.78 is 22.8. The highest BCUT2D eigenvalue weighted by molar-refractivity contribution is 7.10. The third kappa shape index (κ3) is 40.3. The van der Waals surface area contributed by atoms with E-state index < -0.39 is 0 Å². The van der Waals surface area contributed by atoms with Gasteiger partial charge in [0.2, 0.25) is 6.79 Å². The molecule has 0 radical (unpaired) electrons. The number of furan rings is 2. The molecule has 0 spiro atoms. The van der Waals surface area contributed by atoms with Crippen molar-refractivity contribution in [1.29, 1.82) is 0 Å². The number of hydrogen-bond acceptors (Lipinski definition) is 7. The molecule has 0 fully saturated rings. The number of ether oxygens (including phenoxy) is 2. The van der Waals surface area contributed by atoms with E-state index in [2.05, 4.69) is 235 Å². The van der Waals surface area contributed by atoms with E-state index in [0.29, 0.717) is 60.1 Å². The number of rotatable bonds is 9. The monoisotopic (exact) mass is 1250 g/mol. The van der Waals surface area contributed by atoms with Crippen molar-refractivity contribution in [2.45, 2.75) is 245 Å². The molecule has 0 amide bonds. The molecule has 7 aromatic heterocycles. The summed E-state index contributed by atoms with van der Waals surface area (Å²) in [4.78, 5) is 8.79. The average Bonchev–Trinajstić information content (AvgIpc) is 4.49. The van der Waals surface area contributed by atoms with Crippen LogP contribution in [0.3, 0.4) is 0 Å². The van der Waals surface area contributed by atoms with E-state index >= 15 is 0 Å². The van der Waals surface area contributed by atoms with Crippen molar-refractivity contribution in [3.63, 3.8) is 0 Å². The van der Waals surface area contributed by atoms with E-state index in [1.165, 1.54) is 38.5 Å². The lowest BCUT2D eigenvalue weighted by Gasteiger charge is -2.07. The zero-order valence-corrected chi connectivity index (χ0v) is 53.2. The van der Waals surface area contributed by atoms with Crippen LogP contribution in [0.4, 0.5) is 0 Å². The summed E-state index contributed by atoms with van der Waals surface area (Å²) in [5.74, 6) is 8.34. The fourth-order valence-corrected chi connectivity index (χ4v) is 8.75. The molecule has 9 heteroatoms. The van der Waals surface area contributed by atoms with Gasteiger partial charge in [-0.25, -0.2) is 0 Å². The Hall–Kier alpha value is -6.29. The van der Waals surface area contributed by atoms with Crippen LogP contribution in [0, 0.1) is 0 Å². The first-order chi connectivity index (χ1) is 37.6. The van der Waals surface area contributed by atoms with E-state index in [-0.39, 0.29) is 66.8 Å². The molecule has 9 aromatic rings. The molecule has 1 aliphatic heterocycles. The Labute approximate surface area is 553 Å². The van der Waals surface area contributed by atoms with Crippen LogP contribution in [0.2, 0.25) is 0 Å². The molecular formula is C79H135N3O4S2. The number of nitrogens with zero attached hydrogens (tertiary/aromatic N) is 2. The van der Waals surface area contributed by atoms with Gasteiger partial charge in [0.15, 0.2) is 11.5 Å². The van der Waals surface area contributed by atoms with Crippen molar-refractivity contribution in [3.8, 4) is 11.5 Å². The van der Waals surface area contributed by atoms with E-state index in [4.69, 9.17) is 18.3 Å². The zero-order valence-electron chi connectivity index (χ0n) is 51.6. The van der Waals surface area contributed by atoms with E-state index in [1.54, 1.807) is 30.1 Å². The normalized spacial score (nSPS) is 9.77. The number of hydrogen-bond donors (Lipinski definition) is 1. The molecule has 0 atom stereocenters. The van der Waals surface area contributed by atoms with Crippen LogP contribution in [0.5, 0.6) is 11.5 Å². The smallest absolute Gasteiger partial charge is 0.231 e. The van der Waals surface area contributed by atoms with Gasteiger partial charge in [-0.05, 0) is 153 Å². The molecule has 88 heavy (non-hydrogen) atoms. The highest BCUT2D eigenvalue weighted by Gasteiger charge is 2.18. The average molecular weight is 1260 g/mol. The number of aromatic amines is 1. The third-order valence-electron chi connectivity index (χ3n) is 12.3. The second-order valence-electron chi connectivity index (χ2n) is 22.0. The molecule has 0 saturated carbocycles. The number of para-hydroxylation sites is 1. The van der Waals surface area contributed by atoms with Crippen molar-refractivity contribution in [1.82, 2.24) is 14.5 Å². The van der Waals surface area contributed by atoms with Gasteiger partial charge in [-0.2, -0.15) is 11.3 Å². The van der Waals surface area contributed by atoms with Crippen molar-refractivity contribution in [3.05, 3.63) is 231 Å². The summed E-state index contributed by atoms with van der Waals surface area (Å²) >= 11 is 3.60. The van der Waals surface area contributed by atoms with E-state index in [1.807, 2.05) is 84.4 Å². The maximum Gasteiger partial charge on any atom is 0.231 e. The van der Waals surface area contributed by atoms with Gasteiger partial charge in [0, 0.05) is 59.1 Å². The van der Waals surface area contributed by atoms with Crippen LogP contribution in [0.15, 0.2) is 190 Å². The molecule has 502 valence electrons. The van der Waals surface area contributed by atoms with Crippen molar-refractivity contribution in [2.24, 2.45) is 7.05 Å². The van der Waals surface area contributed by atoms with Gasteiger partial charge in [0.1, 0.15) is 5.76 Å². The summed E-state index contributed by atoms with van der Waals surface area (Å²) in [6.45, 7) is 39.5. The lowest BCUT2D eigenvalue weighted by atomic mass is 10.0. The number of pyridine rings is 1. The quantitative estimate of drug-likeness (QED) is 0.156. The Bertz CT molecular complexity index is 2470. The molecule has 1 N–H and O–H groups in total. The second-order valence-corrected chi connectivity index (χ2v) is 23.7. The van der Waals surface area contributed by atoms with Crippen molar-refractivity contribution in [2.75, 3.05) is 6.79 Å². The molecule has 7 nitrogen and oxygen atoms in total.